The van der Waals surface area contributed by atoms with Crippen LogP contribution in [0.2, 0.25) is 0 Å². The van der Waals surface area contributed by atoms with Gasteiger partial charge in [-0.1, -0.05) is 6.07 Å². The molecule has 1 saturated heterocycles. The smallest absolute Gasteiger partial charge is 0.354 e. The van der Waals surface area contributed by atoms with Gasteiger partial charge >= 0.3 is 5.97 Å². The molecule has 6 heteroatoms. The van der Waals surface area contributed by atoms with Crippen molar-refractivity contribution in [1.29, 1.82) is 0 Å². The molecule has 1 amide bonds. The fourth-order valence-corrected chi connectivity index (χ4v) is 2.37. The third kappa shape index (κ3) is 3.33. The first-order valence-corrected chi connectivity index (χ1v) is 6.60. The highest BCUT2D eigenvalue weighted by Crippen LogP contribution is 2.18. The highest BCUT2D eigenvalue weighted by Gasteiger charge is 2.24. The van der Waals surface area contributed by atoms with Crippen LogP contribution in [-0.2, 0) is 4.74 Å². The topological polar surface area (TPSA) is 79.7 Å². The van der Waals surface area contributed by atoms with Crippen molar-refractivity contribution in [3.8, 4) is 0 Å². The van der Waals surface area contributed by atoms with Crippen molar-refractivity contribution >= 4 is 11.9 Å². The molecule has 1 fully saturated rings. The second kappa shape index (κ2) is 6.47. The number of likely N-dealkylation sites (tertiary alicyclic amines) is 1. The lowest BCUT2D eigenvalue weighted by Crippen LogP contribution is -2.39. The van der Waals surface area contributed by atoms with Crippen LogP contribution < -0.4 is 0 Å². The van der Waals surface area contributed by atoms with Gasteiger partial charge in [-0.25, -0.2) is 9.78 Å². The van der Waals surface area contributed by atoms with Crippen LogP contribution in [0, 0.1) is 5.92 Å². The molecule has 2 rings (SSSR count). The van der Waals surface area contributed by atoms with Gasteiger partial charge in [0.2, 0.25) is 0 Å². The number of rotatable bonds is 4. The van der Waals surface area contributed by atoms with Gasteiger partial charge in [0.25, 0.3) is 5.91 Å². The summed E-state index contributed by atoms with van der Waals surface area (Å²) in [5, 5.41) is 8.89. The molecule has 1 aliphatic heterocycles. The Morgan fingerprint density at radius 3 is 2.60 bits per heavy atom. The molecular formula is C14H18N2O4. The first-order valence-electron chi connectivity index (χ1n) is 6.60. The molecule has 6 nitrogen and oxygen atoms in total. The average molecular weight is 278 g/mol. The molecule has 2 heterocycles. The van der Waals surface area contributed by atoms with E-state index >= 15 is 0 Å². The van der Waals surface area contributed by atoms with Gasteiger partial charge in [0, 0.05) is 26.8 Å². The van der Waals surface area contributed by atoms with Gasteiger partial charge in [0.15, 0.2) is 0 Å². The Hall–Kier alpha value is -1.95. The largest absolute Gasteiger partial charge is 0.477 e. The molecule has 1 aromatic heterocycles. The van der Waals surface area contributed by atoms with E-state index in [1.807, 2.05) is 0 Å². The summed E-state index contributed by atoms with van der Waals surface area (Å²) >= 11 is 0. The number of hydrogen-bond acceptors (Lipinski definition) is 4. The van der Waals surface area contributed by atoms with Gasteiger partial charge < -0.3 is 14.7 Å². The van der Waals surface area contributed by atoms with Crippen LogP contribution in [0.1, 0.15) is 33.8 Å². The van der Waals surface area contributed by atoms with Gasteiger partial charge in [-0.2, -0.15) is 0 Å². The Kier molecular flexibility index (Phi) is 4.68. The average Bonchev–Trinajstić information content (AvgIpc) is 2.48. The van der Waals surface area contributed by atoms with E-state index in [0.717, 1.165) is 19.4 Å². The fraction of sp³-hybridized carbons (Fsp3) is 0.500. The zero-order valence-electron chi connectivity index (χ0n) is 11.4. The molecule has 1 aromatic rings. The van der Waals surface area contributed by atoms with E-state index in [1.165, 1.54) is 6.07 Å². The number of methoxy groups -OCH3 is 1. The number of carbonyl (C=O) groups is 2. The summed E-state index contributed by atoms with van der Waals surface area (Å²) in [4.78, 5) is 28.8. The number of carbonyl (C=O) groups excluding carboxylic acids is 1. The van der Waals surface area contributed by atoms with Crippen LogP contribution >= 0.6 is 0 Å². The number of pyridine rings is 1. The predicted octanol–water partition coefficient (Wildman–Crippen LogP) is 1.28. The highest BCUT2D eigenvalue weighted by molar-refractivity contribution is 5.94. The predicted molar refractivity (Wildman–Crippen MR) is 71.7 cm³/mol. The van der Waals surface area contributed by atoms with E-state index in [4.69, 9.17) is 9.84 Å². The number of carboxylic acids is 1. The van der Waals surface area contributed by atoms with Crippen molar-refractivity contribution < 1.29 is 19.4 Å². The maximum Gasteiger partial charge on any atom is 0.354 e. The maximum atomic E-state index is 12.3. The molecule has 108 valence electrons. The van der Waals surface area contributed by atoms with Crippen molar-refractivity contribution in [3.05, 3.63) is 29.6 Å². The van der Waals surface area contributed by atoms with Crippen molar-refractivity contribution in [2.75, 3.05) is 26.8 Å². The SMILES string of the molecule is COCC1CCN(C(=O)c2cccc(C(=O)O)n2)CC1. The molecule has 1 aliphatic rings. The number of ether oxygens (including phenoxy) is 1. The maximum absolute atomic E-state index is 12.3. The number of aromatic carboxylic acids is 1. The molecule has 0 unspecified atom stereocenters. The molecule has 0 aliphatic carbocycles. The first kappa shape index (κ1) is 14.5. The Balaban J connectivity index is 2.02. The lowest BCUT2D eigenvalue weighted by atomic mass is 9.97. The fourth-order valence-electron chi connectivity index (χ4n) is 2.37. The second-order valence-electron chi connectivity index (χ2n) is 4.90. The summed E-state index contributed by atoms with van der Waals surface area (Å²) in [6.07, 6.45) is 1.80. The van der Waals surface area contributed by atoms with Crippen LogP contribution in [-0.4, -0.2) is 53.7 Å². The Morgan fingerprint density at radius 1 is 1.35 bits per heavy atom. The number of carboxylic acid groups (broad SMARTS) is 1. The van der Waals surface area contributed by atoms with Gasteiger partial charge in [0.05, 0.1) is 0 Å². The summed E-state index contributed by atoms with van der Waals surface area (Å²) in [5.74, 6) is -0.843. The molecule has 1 N–H and O–H groups in total. The third-order valence-corrected chi connectivity index (χ3v) is 3.49. The number of nitrogens with zero attached hydrogens (tertiary/aromatic N) is 2. The van der Waals surface area contributed by atoms with Crippen LogP contribution in [0.4, 0.5) is 0 Å². The molecule has 0 atom stereocenters. The summed E-state index contributed by atoms with van der Waals surface area (Å²) in [6, 6.07) is 4.47. The van der Waals surface area contributed by atoms with E-state index in [2.05, 4.69) is 4.98 Å². The molecule has 20 heavy (non-hydrogen) atoms. The monoisotopic (exact) mass is 278 g/mol. The van der Waals surface area contributed by atoms with E-state index in [-0.39, 0.29) is 17.3 Å². The first-order chi connectivity index (χ1) is 9.61. The Bertz CT molecular complexity index is 496. The Morgan fingerprint density at radius 2 is 2.00 bits per heavy atom. The highest BCUT2D eigenvalue weighted by atomic mass is 16.5. The van der Waals surface area contributed by atoms with Crippen molar-refractivity contribution in [2.45, 2.75) is 12.8 Å². The second-order valence-corrected chi connectivity index (χ2v) is 4.90. The van der Waals surface area contributed by atoms with E-state index in [0.29, 0.717) is 19.0 Å². The van der Waals surface area contributed by atoms with Crippen LogP contribution in [0.5, 0.6) is 0 Å². The number of aromatic nitrogens is 1. The van der Waals surface area contributed by atoms with Crippen LogP contribution in [0.3, 0.4) is 0 Å². The van der Waals surface area contributed by atoms with Gasteiger partial charge in [-0.15, -0.1) is 0 Å². The molecule has 0 spiro atoms. The normalized spacial score (nSPS) is 16.1. The molecular weight excluding hydrogens is 260 g/mol. The molecule has 0 radical (unpaired) electrons. The van der Waals surface area contributed by atoms with Crippen LogP contribution in [0.25, 0.3) is 0 Å². The molecule has 0 aromatic carbocycles. The summed E-state index contributed by atoms with van der Waals surface area (Å²) in [7, 11) is 1.68. The van der Waals surface area contributed by atoms with E-state index in [9.17, 15) is 9.59 Å². The van der Waals surface area contributed by atoms with Crippen molar-refractivity contribution in [3.63, 3.8) is 0 Å². The van der Waals surface area contributed by atoms with Crippen LogP contribution in [0.15, 0.2) is 18.2 Å². The lowest BCUT2D eigenvalue weighted by molar-refractivity contribution is 0.0607. The molecule has 0 saturated carbocycles. The number of amides is 1. The van der Waals surface area contributed by atoms with Gasteiger partial charge in [0.1, 0.15) is 11.4 Å². The van der Waals surface area contributed by atoms with Crippen molar-refractivity contribution in [1.82, 2.24) is 9.88 Å². The zero-order chi connectivity index (χ0) is 14.5. The standard InChI is InChI=1S/C14H18N2O4/c1-20-9-10-5-7-16(8-6-10)13(17)11-3-2-4-12(15-11)14(18)19/h2-4,10H,5-9H2,1H3,(H,18,19). The quantitative estimate of drug-likeness (QED) is 0.897. The minimum Gasteiger partial charge on any atom is -0.477 e. The zero-order valence-corrected chi connectivity index (χ0v) is 11.4. The molecule has 0 bridgehead atoms. The lowest BCUT2D eigenvalue weighted by Gasteiger charge is -2.31. The summed E-state index contributed by atoms with van der Waals surface area (Å²) in [5.41, 5.74) is 0.0835. The number of piperidine rings is 1. The van der Waals surface area contributed by atoms with E-state index in [1.54, 1.807) is 24.1 Å². The van der Waals surface area contributed by atoms with Gasteiger partial charge in [-0.05, 0) is 30.9 Å². The number of hydrogen-bond donors (Lipinski definition) is 1. The van der Waals surface area contributed by atoms with E-state index < -0.39 is 5.97 Å². The summed E-state index contributed by atoms with van der Waals surface area (Å²) in [6.45, 7) is 2.03. The summed E-state index contributed by atoms with van der Waals surface area (Å²) < 4.78 is 5.12. The Labute approximate surface area is 117 Å². The third-order valence-electron chi connectivity index (χ3n) is 3.49. The minimum absolute atomic E-state index is 0.106. The van der Waals surface area contributed by atoms with Gasteiger partial charge in [-0.3, -0.25) is 4.79 Å². The minimum atomic E-state index is -1.13. The van der Waals surface area contributed by atoms with Crippen molar-refractivity contribution in [2.24, 2.45) is 5.92 Å².